The summed E-state index contributed by atoms with van der Waals surface area (Å²) in [6.07, 6.45) is 13.7. The summed E-state index contributed by atoms with van der Waals surface area (Å²) in [4.78, 5) is 12.2. The molecule has 0 spiro atoms. The average Bonchev–Trinajstić information content (AvgIpc) is 3.53. The number of unbranched alkanes of at least 4 members (excludes halogenated alkanes) is 1. The standard InChI is InChI=1S/C35H39Br3N2O11S3Se/c1-3-12-29(54(49,50)51)40-26-17-16-23(53(46,47)48)21-24(26)35(2,18-10-9-15-31(41)42)28(40)13-7-5-4-6-8-14-30-39(19-11-20-52(43,44)45)27-22-25(36)32(37)33(38)34(27)55-30/h4-8,13-14,16-17,21-22,29H,3,9-12,15,18-20H2,1-2H3,(H3-,41,42,43,44,45,46,47,48,49,50,51). The van der Waals surface area contributed by atoms with Crippen molar-refractivity contribution < 1.29 is 53.4 Å². The van der Waals surface area contributed by atoms with Crippen molar-refractivity contribution >= 4 is 120 Å². The van der Waals surface area contributed by atoms with Crippen molar-refractivity contribution in [3.8, 4) is 0 Å². The summed E-state index contributed by atoms with van der Waals surface area (Å²) < 4.78 is 111. The fraction of sp³-hybridized carbons (Fsp3) is 0.371. The van der Waals surface area contributed by atoms with Gasteiger partial charge in [0.1, 0.15) is 10.1 Å². The second kappa shape index (κ2) is 18.7. The van der Waals surface area contributed by atoms with E-state index in [2.05, 4.69) is 47.8 Å². The van der Waals surface area contributed by atoms with Gasteiger partial charge < -0.3 is 9.66 Å². The number of halogens is 3. The van der Waals surface area contributed by atoms with E-state index in [1.807, 2.05) is 22.8 Å². The number of fused-ring (bicyclic) bond motifs is 2. The predicted molar refractivity (Wildman–Crippen MR) is 221 cm³/mol. The SMILES string of the molecule is CCCC(N1\C(=C/C=C/C=C/C=C/c2[se]c3c(Br)c(Br)c(Br)cc3[n+]2CCCS(=O)(=O)O)C(C)(CCCCC(=O)O)c2cc(S(=O)(=O)[O-])ccc21)S(=O)(=O)O. The Morgan fingerprint density at radius 1 is 0.982 bits per heavy atom. The molecule has 3 N–H and O–H groups in total. The third-order valence-electron chi connectivity index (χ3n) is 9.00. The van der Waals surface area contributed by atoms with Gasteiger partial charge in [0.2, 0.25) is 0 Å². The number of carboxylic acid groups (broad SMARTS) is 1. The molecule has 2 heterocycles. The Morgan fingerprint density at radius 3 is 2.27 bits per heavy atom. The van der Waals surface area contributed by atoms with Crippen LogP contribution in [0.25, 0.3) is 15.9 Å². The summed E-state index contributed by atoms with van der Waals surface area (Å²) in [5.41, 5.74) is 0.926. The smallest absolute Gasteiger partial charge is 0.284 e. The molecule has 2 unspecified atom stereocenters. The molecular weight excluding hydrogens is 1040 g/mol. The van der Waals surface area contributed by atoms with E-state index in [4.69, 9.17) is 0 Å². The van der Waals surface area contributed by atoms with Crippen molar-refractivity contribution in [3.05, 3.63) is 90.0 Å². The number of anilines is 1. The van der Waals surface area contributed by atoms with Gasteiger partial charge in [-0.25, -0.2) is 8.42 Å². The molecule has 0 bridgehead atoms. The van der Waals surface area contributed by atoms with E-state index >= 15 is 0 Å². The van der Waals surface area contributed by atoms with Gasteiger partial charge in [-0.15, -0.1) is 0 Å². The van der Waals surface area contributed by atoms with Crippen molar-refractivity contribution in [2.45, 2.75) is 81.0 Å². The third-order valence-corrected chi connectivity index (χ3v) is 18.2. The normalized spacial score (nSPS) is 18.1. The van der Waals surface area contributed by atoms with Crippen LogP contribution in [-0.2, 0) is 47.1 Å². The van der Waals surface area contributed by atoms with Crippen LogP contribution in [0.4, 0.5) is 5.69 Å². The molecule has 3 aromatic rings. The van der Waals surface area contributed by atoms with Crippen LogP contribution >= 0.6 is 47.8 Å². The number of carbonyl (C=O) groups is 1. The Hall–Kier alpha value is -1.97. The minimum atomic E-state index is -4.88. The number of rotatable bonds is 18. The Kier molecular flexibility index (Phi) is 15.6. The molecule has 13 nitrogen and oxygen atoms in total. The Bertz CT molecular complexity index is 2410. The summed E-state index contributed by atoms with van der Waals surface area (Å²) >= 11 is 10.6. The minimum absolute atomic E-state index is 0.0300. The zero-order valence-corrected chi connectivity index (χ0v) is 38.5. The van der Waals surface area contributed by atoms with Gasteiger partial charge in [0.25, 0.3) is 0 Å². The Morgan fingerprint density at radius 2 is 1.65 bits per heavy atom. The fourth-order valence-electron chi connectivity index (χ4n) is 6.49. The number of aromatic nitrogens is 1. The number of hydrogen-bond acceptors (Lipinski definition) is 9. The third kappa shape index (κ3) is 11.4. The molecule has 1 aliphatic rings. The van der Waals surface area contributed by atoms with E-state index in [9.17, 15) is 48.8 Å². The first-order valence-electron chi connectivity index (χ1n) is 16.8. The van der Waals surface area contributed by atoms with Crippen molar-refractivity contribution in [2.24, 2.45) is 0 Å². The molecule has 0 aliphatic carbocycles. The molecule has 1 aromatic heterocycles. The molecule has 55 heavy (non-hydrogen) atoms. The summed E-state index contributed by atoms with van der Waals surface area (Å²) in [6.45, 7) is 3.88. The van der Waals surface area contributed by atoms with E-state index in [1.165, 1.54) is 17.0 Å². The molecule has 0 radical (unpaired) electrons. The molecule has 20 heteroatoms. The molecule has 0 amide bonds. The number of allylic oxidation sites excluding steroid dienone is 7. The van der Waals surface area contributed by atoms with E-state index in [-0.39, 0.29) is 45.9 Å². The van der Waals surface area contributed by atoms with Gasteiger partial charge in [0.05, 0.1) is 4.90 Å². The molecular formula is C35H39Br3N2O11S3Se. The van der Waals surface area contributed by atoms with E-state index < -0.39 is 52.0 Å². The van der Waals surface area contributed by atoms with Crippen molar-refractivity contribution in [1.82, 2.24) is 0 Å². The van der Waals surface area contributed by atoms with Crippen molar-refractivity contribution in [1.29, 1.82) is 0 Å². The van der Waals surface area contributed by atoms with E-state index in [1.54, 1.807) is 44.2 Å². The maximum atomic E-state index is 12.8. The molecule has 0 fully saturated rings. The number of benzene rings is 2. The van der Waals surface area contributed by atoms with Crippen LogP contribution in [0, 0.1) is 0 Å². The van der Waals surface area contributed by atoms with Gasteiger partial charge in [-0.1, -0.05) is 13.3 Å². The Labute approximate surface area is 352 Å². The quantitative estimate of drug-likeness (QED) is 0.0291. The van der Waals surface area contributed by atoms with Crippen LogP contribution in [-0.4, -0.2) is 75.6 Å². The Balaban J connectivity index is 1.74. The van der Waals surface area contributed by atoms with Crippen molar-refractivity contribution in [3.63, 3.8) is 0 Å². The number of hydrogen-bond donors (Lipinski definition) is 3. The number of aryl methyl sites for hydroxylation is 1. The van der Waals surface area contributed by atoms with Crippen molar-refractivity contribution in [2.75, 3.05) is 10.7 Å². The molecule has 2 aromatic carbocycles. The second-order valence-electron chi connectivity index (χ2n) is 12.9. The molecule has 4 rings (SSSR count). The van der Waals surface area contributed by atoms with Crippen LogP contribution < -0.4 is 9.47 Å². The van der Waals surface area contributed by atoms with Crippen LogP contribution in [0.15, 0.2) is 84.7 Å². The molecule has 300 valence electrons. The first-order chi connectivity index (χ1) is 25.6. The first-order valence-corrected chi connectivity index (χ1v) is 25.5. The molecule has 1 aliphatic heterocycles. The monoisotopic (exact) mass is 1080 g/mol. The van der Waals surface area contributed by atoms with Gasteiger partial charge >= 0.3 is 272 Å². The summed E-state index contributed by atoms with van der Waals surface area (Å²) in [7, 11) is -13.7. The van der Waals surface area contributed by atoms with Crippen LogP contribution in [0.3, 0.4) is 0 Å². The first kappa shape index (κ1) is 45.7. The fourth-order valence-corrected chi connectivity index (χ4v) is 13.0. The topological polar surface area (TPSA) is 210 Å². The number of carboxylic acids is 1. The number of aliphatic carboxylic acids is 1. The van der Waals surface area contributed by atoms with Crippen LogP contribution in [0.2, 0.25) is 0 Å². The average molecular weight is 1080 g/mol. The number of nitrogens with zero attached hydrogens (tertiary/aromatic N) is 2. The van der Waals surface area contributed by atoms with Gasteiger partial charge in [-0.2, -0.15) is 8.42 Å². The van der Waals surface area contributed by atoms with Crippen LogP contribution in [0.1, 0.15) is 68.9 Å². The van der Waals surface area contributed by atoms with E-state index in [0.717, 1.165) is 33.8 Å². The van der Waals surface area contributed by atoms with Gasteiger partial charge in [-0.3, -0.25) is 9.35 Å². The van der Waals surface area contributed by atoms with Crippen LogP contribution in [0.5, 0.6) is 0 Å². The molecule has 0 saturated carbocycles. The molecule has 2 atom stereocenters. The van der Waals surface area contributed by atoms with Gasteiger partial charge in [0.15, 0.2) is 0 Å². The summed E-state index contributed by atoms with van der Waals surface area (Å²) in [5, 5.41) is 7.78. The minimum Gasteiger partial charge on any atom is -0.284 e. The maximum absolute atomic E-state index is 12.8. The van der Waals surface area contributed by atoms with E-state index in [0.29, 0.717) is 42.8 Å². The molecule has 0 saturated heterocycles. The van der Waals surface area contributed by atoms with Gasteiger partial charge in [0, 0.05) is 6.42 Å². The van der Waals surface area contributed by atoms with Gasteiger partial charge in [-0.05, 0) is 12.5 Å². The summed E-state index contributed by atoms with van der Waals surface area (Å²) in [6, 6.07) is 5.64. The summed E-state index contributed by atoms with van der Waals surface area (Å²) in [5.74, 6) is -1.36. The predicted octanol–water partition coefficient (Wildman–Crippen LogP) is 7.10. The zero-order valence-electron chi connectivity index (χ0n) is 29.6. The zero-order chi connectivity index (χ0) is 40.9. The second-order valence-corrected chi connectivity index (χ2v) is 22.1.